The first-order valence-electron chi connectivity index (χ1n) is 9.26. The van der Waals surface area contributed by atoms with Gasteiger partial charge in [0, 0.05) is 36.7 Å². The molecule has 29 heavy (non-hydrogen) atoms. The summed E-state index contributed by atoms with van der Waals surface area (Å²) in [5.74, 6) is -0.468. The number of aromatic carboxylic acids is 1. The predicted molar refractivity (Wildman–Crippen MR) is 111 cm³/mol. The van der Waals surface area contributed by atoms with Crippen LogP contribution in [-0.4, -0.2) is 68.5 Å². The van der Waals surface area contributed by atoms with Crippen LogP contribution < -0.4 is 5.32 Å². The van der Waals surface area contributed by atoms with Crippen LogP contribution in [0.4, 0.5) is 0 Å². The Morgan fingerprint density at radius 2 is 2.17 bits per heavy atom. The van der Waals surface area contributed by atoms with E-state index in [0.29, 0.717) is 42.6 Å². The highest BCUT2D eigenvalue weighted by molar-refractivity contribution is 8.01. The van der Waals surface area contributed by atoms with Crippen molar-refractivity contribution in [3.8, 4) is 11.5 Å². The molecule has 1 aromatic carbocycles. The maximum absolute atomic E-state index is 12.2. The lowest BCUT2D eigenvalue weighted by Crippen LogP contribution is -2.41. The van der Waals surface area contributed by atoms with Gasteiger partial charge in [0.05, 0.1) is 0 Å². The van der Waals surface area contributed by atoms with Gasteiger partial charge in [-0.2, -0.15) is 0 Å². The molecule has 8 nitrogen and oxygen atoms in total. The van der Waals surface area contributed by atoms with Crippen LogP contribution in [0.15, 0.2) is 27.9 Å². The number of likely N-dealkylation sites (tertiary alicyclic amines) is 1. The summed E-state index contributed by atoms with van der Waals surface area (Å²) >= 11 is 2.76. The SMILES string of the molecule is O=C(O)c1csc(SCCN2C(=O)CCC2CNCCc2ccc(O)c(O)c2)n1. The molecule has 0 spiro atoms. The molecule has 3 rings (SSSR count). The summed E-state index contributed by atoms with van der Waals surface area (Å²) in [6, 6.07) is 4.94. The molecule has 0 radical (unpaired) electrons. The van der Waals surface area contributed by atoms with Crippen molar-refractivity contribution < 1.29 is 24.9 Å². The van der Waals surface area contributed by atoms with Crippen molar-refractivity contribution in [3.05, 3.63) is 34.8 Å². The number of carboxylic acids is 1. The second-order valence-electron chi connectivity index (χ2n) is 6.71. The van der Waals surface area contributed by atoms with Crippen LogP contribution in [0.25, 0.3) is 0 Å². The Balaban J connectivity index is 1.41. The van der Waals surface area contributed by atoms with E-state index in [9.17, 15) is 19.8 Å². The lowest BCUT2D eigenvalue weighted by molar-refractivity contribution is -0.128. The van der Waals surface area contributed by atoms with Crippen molar-refractivity contribution in [3.63, 3.8) is 0 Å². The molecular weight excluding hydrogens is 414 g/mol. The van der Waals surface area contributed by atoms with Gasteiger partial charge in [-0.05, 0) is 37.1 Å². The average Bonchev–Trinajstić information content (AvgIpc) is 3.30. The number of carbonyl (C=O) groups excluding carboxylic acids is 1. The molecule has 2 aromatic rings. The number of carboxylic acid groups (broad SMARTS) is 1. The van der Waals surface area contributed by atoms with E-state index >= 15 is 0 Å². The Morgan fingerprint density at radius 1 is 1.34 bits per heavy atom. The number of hydrogen-bond acceptors (Lipinski definition) is 8. The molecule has 1 fully saturated rings. The normalized spacial score (nSPS) is 16.5. The zero-order valence-electron chi connectivity index (χ0n) is 15.7. The number of carbonyl (C=O) groups is 2. The predicted octanol–water partition coefficient (Wildman–Crippen LogP) is 2.17. The Morgan fingerprint density at radius 3 is 2.90 bits per heavy atom. The van der Waals surface area contributed by atoms with E-state index < -0.39 is 5.97 Å². The van der Waals surface area contributed by atoms with Crippen LogP contribution in [0.1, 0.15) is 28.9 Å². The first-order chi connectivity index (χ1) is 13.9. The molecule has 0 bridgehead atoms. The van der Waals surface area contributed by atoms with Crippen molar-refractivity contribution in [2.24, 2.45) is 0 Å². The van der Waals surface area contributed by atoms with E-state index in [4.69, 9.17) is 5.11 Å². The second-order valence-corrected chi connectivity index (χ2v) is 8.91. The Labute approximate surface area is 176 Å². The van der Waals surface area contributed by atoms with Gasteiger partial charge in [0.25, 0.3) is 0 Å². The highest BCUT2D eigenvalue weighted by atomic mass is 32.2. The number of aromatic hydroxyl groups is 2. The molecule has 1 aliphatic rings. The van der Waals surface area contributed by atoms with Gasteiger partial charge in [0.1, 0.15) is 0 Å². The van der Waals surface area contributed by atoms with Crippen LogP contribution in [-0.2, 0) is 11.2 Å². The lowest BCUT2D eigenvalue weighted by atomic mass is 10.1. The third kappa shape index (κ3) is 5.84. The van der Waals surface area contributed by atoms with Gasteiger partial charge < -0.3 is 25.5 Å². The summed E-state index contributed by atoms with van der Waals surface area (Å²) in [7, 11) is 0. The summed E-state index contributed by atoms with van der Waals surface area (Å²) in [6.45, 7) is 2.00. The van der Waals surface area contributed by atoms with Gasteiger partial charge in [0.15, 0.2) is 21.5 Å². The molecular formula is C19H23N3O5S2. The van der Waals surface area contributed by atoms with E-state index in [-0.39, 0.29) is 29.1 Å². The number of nitrogens with zero attached hydrogens (tertiary/aromatic N) is 2. The fourth-order valence-corrected chi connectivity index (χ4v) is 5.00. The lowest BCUT2D eigenvalue weighted by Gasteiger charge is -2.25. The minimum atomic E-state index is -1.03. The summed E-state index contributed by atoms with van der Waals surface area (Å²) in [4.78, 5) is 29.0. The summed E-state index contributed by atoms with van der Waals surface area (Å²) < 4.78 is 0.695. The number of thioether (sulfide) groups is 1. The molecule has 1 aromatic heterocycles. The number of benzene rings is 1. The highest BCUT2D eigenvalue weighted by Gasteiger charge is 2.30. The summed E-state index contributed by atoms with van der Waals surface area (Å²) in [5.41, 5.74) is 0.978. The average molecular weight is 438 g/mol. The second kappa shape index (κ2) is 9.95. The van der Waals surface area contributed by atoms with Crippen LogP contribution >= 0.6 is 23.1 Å². The number of aromatic nitrogens is 1. The van der Waals surface area contributed by atoms with E-state index in [1.807, 2.05) is 4.90 Å². The standard InChI is InChI=1S/C19H23N3O5S2/c23-15-3-1-12(9-16(15)24)5-6-20-10-13-2-4-17(25)22(13)7-8-28-19-21-14(11-29-19)18(26)27/h1,3,9,11,13,20,23-24H,2,4-8,10H2,(H,26,27). The Hall–Kier alpha value is -2.30. The topological polar surface area (TPSA) is 123 Å². The third-order valence-corrected chi connectivity index (χ3v) is 6.72. The summed E-state index contributed by atoms with van der Waals surface area (Å²) in [5, 5.41) is 32.7. The molecule has 0 saturated carbocycles. The Bertz CT molecular complexity index is 873. The van der Waals surface area contributed by atoms with E-state index in [1.165, 1.54) is 34.5 Å². The van der Waals surface area contributed by atoms with Crippen molar-refractivity contribution in [2.75, 3.05) is 25.4 Å². The summed E-state index contributed by atoms with van der Waals surface area (Å²) in [6.07, 6.45) is 2.07. The number of amides is 1. The molecule has 0 aliphatic carbocycles. The number of phenols is 2. The molecule has 156 valence electrons. The number of hydrogen-bond donors (Lipinski definition) is 4. The number of nitrogens with one attached hydrogen (secondary N) is 1. The number of rotatable bonds is 10. The van der Waals surface area contributed by atoms with E-state index in [0.717, 1.165) is 12.0 Å². The van der Waals surface area contributed by atoms with Crippen molar-refractivity contribution in [1.29, 1.82) is 0 Å². The van der Waals surface area contributed by atoms with Gasteiger partial charge in [-0.1, -0.05) is 17.8 Å². The van der Waals surface area contributed by atoms with Crippen LogP contribution in [0.3, 0.4) is 0 Å². The molecule has 1 atom stereocenters. The van der Waals surface area contributed by atoms with Crippen molar-refractivity contribution in [1.82, 2.24) is 15.2 Å². The fraction of sp³-hybridized carbons (Fsp3) is 0.421. The zero-order valence-corrected chi connectivity index (χ0v) is 17.3. The zero-order chi connectivity index (χ0) is 20.8. The van der Waals surface area contributed by atoms with Crippen LogP contribution in [0.5, 0.6) is 11.5 Å². The molecule has 10 heteroatoms. The van der Waals surface area contributed by atoms with E-state index in [2.05, 4.69) is 10.3 Å². The largest absolute Gasteiger partial charge is 0.504 e. The van der Waals surface area contributed by atoms with Gasteiger partial charge in [-0.25, -0.2) is 9.78 Å². The minimum Gasteiger partial charge on any atom is -0.504 e. The smallest absolute Gasteiger partial charge is 0.355 e. The Kier molecular flexibility index (Phi) is 7.34. The van der Waals surface area contributed by atoms with Crippen molar-refractivity contribution in [2.45, 2.75) is 29.6 Å². The molecule has 1 saturated heterocycles. The maximum Gasteiger partial charge on any atom is 0.355 e. The first kappa shape index (κ1) is 21.4. The monoisotopic (exact) mass is 437 g/mol. The molecule has 1 unspecified atom stereocenters. The van der Waals surface area contributed by atoms with Gasteiger partial charge in [0.2, 0.25) is 5.91 Å². The third-order valence-electron chi connectivity index (χ3n) is 4.72. The molecule has 2 heterocycles. The van der Waals surface area contributed by atoms with Gasteiger partial charge in [-0.15, -0.1) is 11.3 Å². The minimum absolute atomic E-state index is 0.0544. The fourth-order valence-electron chi connectivity index (χ4n) is 3.19. The van der Waals surface area contributed by atoms with Gasteiger partial charge in [-0.3, -0.25) is 4.79 Å². The number of thiazole rings is 1. The number of phenolic OH excluding ortho intramolecular Hbond substituents is 2. The van der Waals surface area contributed by atoms with E-state index in [1.54, 1.807) is 12.1 Å². The van der Waals surface area contributed by atoms with Crippen LogP contribution in [0, 0.1) is 0 Å². The highest BCUT2D eigenvalue weighted by Crippen LogP contribution is 2.26. The van der Waals surface area contributed by atoms with Crippen molar-refractivity contribution >= 4 is 35.0 Å². The van der Waals surface area contributed by atoms with Gasteiger partial charge >= 0.3 is 5.97 Å². The maximum atomic E-state index is 12.2. The molecule has 4 N–H and O–H groups in total. The first-order valence-corrected chi connectivity index (χ1v) is 11.1. The molecule has 1 amide bonds. The molecule has 1 aliphatic heterocycles. The quantitative estimate of drug-likeness (QED) is 0.253. The van der Waals surface area contributed by atoms with Crippen LogP contribution in [0.2, 0.25) is 0 Å².